The molecule has 2 fully saturated rings. The minimum atomic E-state index is 0. The van der Waals surface area contributed by atoms with Gasteiger partial charge in [0.15, 0.2) is 0 Å². The topological polar surface area (TPSA) is 15.3 Å². The van der Waals surface area contributed by atoms with Crippen molar-refractivity contribution in [3.8, 4) is 0 Å². The van der Waals surface area contributed by atoms with Gasteiger partial charge in [0.2, 0.25) is 0 Å². The first-order valence-electron chi connectivity index (χ1n) is 6.51. The summed E-state index contributed by atoms with van der Waals surface area (Å²) in [5, 5.41) is 3.74. The molecule has 1 N–H and O–H groups in total. The van der Waals surface area contributed by atoms with Gasteiger partial charge < -0.3 is 10.2 Å². The predicted molar refractivity (Wildman–Crippen MR) is 72.3 cm³/mol. The average Bonchev–Trinajstić information content (AvgIpc) is 2.43. The number of hydrogen-bond acceptors (Lipinski definition) is 2. The SMILES string of the molecule is CC(C)(C)CCN1CCC2CCC(C1)N2.Cl. The minimum absolute atomic E-state index is 0. The molecule has 0 amide bonds. The van der Waals surface area contributed by atoms with Crippen molar-refractivity contribution in [3.63, 3.8) is 0 Å². The van der Waals surface area contributed by atoms with Crippen LogP contribution < -0.4 is 5.32 Å². The maximum Gasteiger partial charge on any atom is 0.0198 e. The van der Waals surface area contributed by atoms with E-state index in [-0.39, 0.29) is 12.4 Å². The quantitative estimate of drug-likeness (QED) is 0.806. The summed E-state index contributed by atoms with van der Waals surface area (Å²) in [6, 6.07) is 1.62. The van der Waals surface area contributed by atoms with Gasteiger partial charge in [0, 0.05) is 18.6 Å². The Hall–Kier alpha value is 0.210. The lowest BCUT2D eigenvalue weighted by Gasteiger charge is -2.27. The largest absolute Gasteiger partial charge is 0.310 e. The van der Waals surface area contributed by atoms with E-state index < -0.39 is 0 Å². The smallest absolute Gasteiger partial charge is 0.0198 e. The van der Waals surface area contributed by atoms with E-state index in [1.165, 1.54) is 45.3 Å². The van der Waals surface area contributed by atoms with Crippen LogP contribution in [0.25, 0.3) is 0 Å². The standard InChI is InChI=1S/C13H26N2.ClH/c1-13(2,3)7-9-15-8-6-11-4-5-12(10-15)14-11;/h11-12,14H,4-10H2,1-3H3;1H. The van der Waals surface area contributed by atoms with E-state index in [0.29, 0.717) is 5.41 Å². The Bertz CT molecular complexity index is 212. The third-order valence-electron chi connectivity index (χ3n) is 3.79. The maximum absolute atomic E-state index is 3.74. The molecule has 2 saturated heterocycles. The van der Waals surface area contributed by atoms with Crippen LogP contribution in [0.2, 0.25) is 0 Å². The van der Waals surface area contributed by atoms with Crippen molar-refractivity contribution in [3.05, 3.63) is 0 Å². The zero-order chi connectivity index (χ0) is 10.9. The zero-order valence-corrected chi connectivity index (χ0v) is 11.8. The van der Waals surface area contributed by atoms with Crippen LogP contribution in [0.15, 0.2) is 0 Å². The monoisotopic (exact) mass is 246 g/mol. The van der Waals surface area contributed by atoms with Gasteiger partial charge in [-0.05, 0) is 44.2 Å². The van der Waals surface area contributed by atoms with Gasteiger partial charge in [-0.25, -0.2) is 0 Å². The van der Waals surface area contributed by atoms with Gasteiger partial charge in [0.25, 0.3) is 0 Å². The van der Waals surface area contributed by atoms with Crippen LogP contribution in [-0.2, 0) is 0 Å². The van der Waals surface area contributed by atoms with E-state index in [4.69, 9.17) is 0 Å². The summed E-state index contributed by atoms with van der Waals surface area (Å²) in [6.45, 7) is 10.9. The van der Waals surface area contributed by atoms with Crippen molar-refractivity contribution < 1.29 is 0 Å². The van der Waals surface area contributed by atoms with Crippen molar-refractivity contribution in [1.29, 1.82) is 0 Å². The molecule has 0 aromatic heterocycles. The van der Waals surface area contributed by atoms with Crippen molar-refractivity contribution in [2.24, 2.45) is 5.41 Å². The molecule has 2 unspecified atom stereocenters. The first kappa shape index (κ1) is 14.3. The number of nitrogens with one attached hydrogen (secondary N) is 1. The van der Waals surface area contributed by atoms with Crippen molar-refractivity contribution in [1.82, 2.24) is 10.2 Å². The van der Waals surface area contributed by atoms with Gasteiger partial charge in [-0.15, -0.1) is 12.4 Å². The van der Waals surface area contributed by atoms with Gasteiger partial charge in [-0.1, -0.05) is 20.8 Å². The molecule has 3 heteroatoms. The number of halogens is 1. The molecule has 16 heavy (non-hydrogen) atoms. The molecule has 0 radical (unpaired) electrons. The first-order valence-corrected chi connectivity index (χ1v) is 6.51. The summed E-state index contributed by atoms with van der Waals surface area (Å²) in [5.41, 5.74) is 0.485. The second-order valence-electron chi connectivity index (χ2n) is 6.54. The van der Waals surface area contributed by atoms with Crippen LogP contribution in [0.1, 0.15) is 46.5 Å². The van der Waals surface area contributed by atoms with Crippen LogP contribution in [0.3, 0.4) is 0 Å². The summed E-state index contributed by atoms with van der Waals surface area (Å²) in [4.78, 5) is 2.67. The number of fused-ring (bicyclic) bond motifs is 2. The molecule has 2 aliphatic heterocycles. The second kappa shape index (κ2) is 5.70. The third-order valence-corrected chi connectivity index (χ3v) is 3.79. The molecule has 2 aliphatic rings. The molecule has 96 valence electrons. The third kappa shape index (κ3) is 4.23. The number of hydrogen-bond donors (Lipinski definition) is 1. The Morgan fingerprint density at radius 3 is 2.50 bits per heavy atom. The van der Waals surface area contributed by atoms with E-state index in [0.717, 1.165) is 12.1 Å². The van der Waals surface area contributed by atoms with Crippen LogP contribution >= 0.6 is 12.4 Å². The van der Waals surface area contributed by atoms with Crippen LogP contribution in [-0.4, -0.2) is 36.6 Å². The van der Waals surface area contributed by atoms with Gasteiger partial charge in [0.1, 0.15) is 0 Å². The predicted octanol–water partition coefficient (Wildman–Crippen LogP) is 2.67. The molecule has 2 atom stereocenters. The molecular formula is C13H27ClN2. The van der Waals surface area contributed by atoms with Crippen LogP contribution in [0, 0.1) is 5.41 Å². The molecule has 2 nitrogen and oxygen atoms in total. The van der Waals surface area contributed by atoms with Gasteiger partial charge in [-0.2, -0.15) is 0 Å². The lowest BCUT2D eigenvalue weighted by Crippen LogP contribution is -2.36. The molecule has 2 rings (SSSR count). The highest BCUT2D eigenvalue weighted by atomic mass is 35.5. The lowest BCUT2D eigenvalue weighted by molar-refractivity contribution is 0.218. The number of likely N-dealkylation sites (tertiary alicyclic amines) is 1. The Morgan fingerprint density at radius 2 is 1.81 bits per heavy atom. The second-order valence-corrected chi connectivity index (χ2v) is 6.54. The summed E-state index contributed by atoms with van der Waals surface area (Å²) in [5.74, 6) is 0. The molecule has 0 aromatic carbocycles. The van der Waals surface area contributed by atoms with Crippen molar-refractivity contribution in [2.45, 2.75) is 58.5 Å². The van der Waals surface area contributed by atoms with E-state index >= 15 is 0 Å². The molecule has 0 aliphatic carbocycles. The van der Waals surface area contributed by atoms with E-state index in [2.05, 4.69) is 31.0 Å². The van der Waals surface area contributed by atoms with E-state index in [1.54, 1.807) is 0 Å². The zero-order valence-electron chi connectivity index (χ0n) is 11.0. The summed E-state index contributed by atoms with van der Waals surface area (Å²) < 4.78 is 0. The molecule has 2 heterocycles. The molecule has 0 spiro atoms. The molecule has 0 saturated carbocycles. The highest BCUT2D eigenvalue weighted by Crippen LogP contribution is 2.23. The van der Waals surface area contributed by atoms with Crippen LogP contribution in [0.4, 0.5) is 0 Å². The number of rotatable bonds is 2. The fraction of sp³-hybridized carbons (Fsp3) is 1.00. The fourth-order valence-electron chi connectivity index (χ4n) is 2.71. The summed E-state index contributed by atoms with van der Waals surface area (Å²) in [7, 11) is 0. The van der Waals surface area contributed by atoms with Gasteiger partial charge >= 0.3 is 0 Å². The Kier molecular flexibility index (Phi) is 5.09. The Morgan fingerprint density at radius 1 is 1.12 bits per heavy atom. The highest BCUT2D eigenvalue weighted by molar-refractivity contribution is 5.85. The van der Waals surface area contributed by atoms with Crippen molar-refractivity contribution in [2.75, 3.05) is 19.6 Å². The average molecular weight is 247 g/mol. The molecule has 0 aromatic rings. The molecular weight excluding hydrogens is 220 g/mol. The molecule has 2 bridgehead atoms. The Labute approximate surface area is 107 Å². The van der Waals surface area contributed by atoms with E-state index in [9.17, 15) is 0 Å². The highest BCUT2D eigenvalue weighted by Gasteiger charge is 2.29. The van der Waals surface area contributed by atoms with Gasteiger partial charge in [-0.3, -0.25) is 0 Å². The van der Waals surface area contributed by atoms with Crippen LogP contribution in [0.5, 0.6) is 0 Å². The fourth-order valence-corrected chi connectivity index (χ4v) is 2.71. The number of nitrogens with zero attached hydrogens (tertiary/aromatic N) is 1. The normalized spacial score (nSPS) is 30.9. The summed E-state index contributed by atoms with van der Waals surface area (Å²) >= 11 is 0. The minimum Gasteiger partial charge on any atom is -0.310 e. The maximum atomic E-state index is 3.74. The van der Waals surface area contributed by atoms with Gasteiger partial charge in [0.05, 0.1) is 0 Å². The Balaban J connectivity index is 0.00000128. The summed E-state index contributed by atoms with van der Waals surface area (Å²) in [6.07, 6.45) is 5.50. The first-order chi connectivity index (χ1) is 7.03. The lowest BCUT2D eigenvalue weighted by atomic mass is 9.92. The van der Waals surface area contributed by atoms with Crippen molar-refractivity contribution >= 4 is 12.4 Å². The van der Waals surface area contributed by atoms with E-state index in [1.807, 2.05) is 0 Å².